The van der Waals surface area contributed by atoms with Gasteiger partial charge in [0.25, 0.3) is 0 Å². The maximum Gasteiger partial charge on any atom is 0.326 e. The van der Waals surface area contributed by atoms with Gasteiger partial charge in [0.15, 0.2) is 5.76 Å². The summed E-state index contributed by atoms with van der Waals surface area (Å²) >= 11 is 0. The number of imide groups is 1. The Hall–Kier alpha value is -2.96. The van der Waals surface area contributed by atoms with Crippen LogP contribution in [0.3, 0.4) is 0 Å². The molecule has 7 heteroatoms. The quantitative estimate of drug-likeness (QED) is 0.595. The Morgan fingerprint density at radius 1 is 1.11 bits per heavy atom. The highest BCUT2D eigenvalue weighted by atomic mass is 16.5. The van der Waals surface area contributed by atoms with E-state index in [1.54, 1.807) is 6.07 Å². The fourth-order valence-electron chi connectivity index (χ4n) is 3.83. The molecule has 0 bridgehead atoms. The fraction of sp³-hybridized carbons (Fsp3) is 0.400. The molecule has 7 nitrogen and oxygen atoms in total. The molecule has 1 aromatic carbocycles. The van der Waals surface area contributed by atoms with E-state index in [1.807, 2.05) is 30.3 Å². The van der Waals surface area contributed by atoms with Crippen LogP contribution in [0.1, 0.15) is 31.4 Å². The van der Waals surface area contributed by atoms with Crippen molar-refractivity contribution < 1.29 is 23.6 Å². The highest BCUT2D eigenvalue weighted by molar-refractivity contribution is 6.07. The molecule has 0 N–H and O–H groups in total. The maximum atomic E-state index is 12.4. The van der Waals surface area contributed by atoms with Gasteiger partial charge in [-0.25, -0.2) is 0 Å². The molecule has 2 aliphatic rings. The minimum atomic E-state index is -0.625. The normalized spacial score (nSPS) is 22.0. The third-order valence-corrected chi connectivity index (χ3v) is 5.22. The summed E-state index contributed by atoms with van der Waals surface area (Å²) in [5.74, 6) is -1.05. The lowest BCUT2D eigenvalue weighted by molar-refractivity contribution is -0.153. The Morgan fingerprint density at radius 2 is 1.78 bits per heavy atom. The van der Waals surface area contributed by atoms with Crippen molar-refractivity contribution in [2.75, 3.05) is 6.54 Å². The van der Waals surface area contributed by atoms with Gasteiger partial charge in [0, 0.05) is 11.6 Å². The Bertz CT molecular complexity index is 836. The lowest BCUT2D eigenvalue weighted by Gasteiger charge is -2.19. The van der Waals surface area contributed by atoms with Crippen LogP contribution in [0.25, 0.3) is 11.3 Å². The van der Waals surface area contributed by atoms with E-state index < -0.39 is 5.97 Å². The van der Waals surface area contributed by atoms with Crippen LogP contribution < -0.4 is 0 Å². The zero-order valence-electron chi connectivity index (χ0n) is 14.8. The van der Waals surface area contributed by atoms with Gasteiger partial charge < -0.3 is 9.26 Å². The van der Waals surface area contributed by atoms with Gasteiger partial charge >= 0.3 is 5.97 Å². The summed E-state index contributed by atoms with van der Waals surface area (Å²) in [7, 11) is 0. The van der Waals surface area contributed by atoms with Crippen molar-refractivity contribution in [3.05, 3.63) is 42.1 Å². The number of amides is 2. The second kappa shape index (κ2) is 7.34. The van der Waals surface area contributed by atoms with E-state index in [0.29, 0.717) is 11.5 Å². The molecule has 1 aliphatic heterocycles. The summed E-state index contributed by atoms with van der Waals surface area (Å²) in [4.78, 5) is 38.0. The van der Waals surface area contributed by atoms with E-state index in [-0.39, 0.29) is 36.8 Å². The molecule has 1 saturated carbocycles. The molecule has 2 amide bonds. The predicted molar refractivity (Wildman–Crippen MR) is 93.9 cm³/mol. The number of hydrogen-bond donors (Lipinski definition) is 0. The summed E-state index contributed by atoms with van der Waals surface area (Å²) in [5.41, 5.74) is 1.34. The molecule has 2 aromatic rings. The zero-order valence-corrected chi connectivity index (χ0v) is 14.8. The topological polar surface area (TPSA) is 89.7 Å². The number of aromatic nitrogens is 1. The third-order valence-electron chi connectivity index (χ3n) is 5.22. The Morgan fingerprint density at radius 3 is 2.44 bits per heavy atom. The maximum absolute atomic E-state index is 12.4. The molecule has 27 heavy (non-hydrogen) atoms. The first kappa shape index (κ1) is 17.5. The first-order chi connectivity index (χ1) is 13.1. The highest BCUT2D eigenvalue weighted by Crippen LogP contribution is 2.37. The molecule has 4 rings (SSSR count). The van der Waals surface area contributed by atoms with Crippen LogP contribution in [0.15, 0.2) is 40.9 Å². The molecule has 0 spiro atoms. The van der Waals surface area contributed by atoms with Crippen LogP contribution in [-0.4, -0.2) is 34.4 Å². The van der Waals surface area contributed by atoms with Crippen LogP contribution in [0.4, 0.5) is 0 Å². The van der Waals surface area contributed by atoms with Gasteiger partial charge in [-0.15, -0.1) is 0 Å². The number of ether oxygens (including phenoxy) is 1. The van der Waals surface area contributed by atoms with E-state index >= 15 is 0 Å². The number of hydrogen-bond acceptors (Lipinski definition) is 6. The van der Waals surface area contributed by atoms with E-state index in [4.69, 9.17) is 9.26 Å². The third kappa shape index (κ3) is 3.49. The Labute approximate surface area is 156 Å². The number of carbonyl (C=O) groups excluding carboxylic acids is 3. The second-order valence-corrected chi connectivity index (χ2v) is 6.97. The lowest BCUT2D eigenvalue weighted by atomic mass is 9.81. The number of carbonyl (C=O) groups is 3. The molecule has 1 saturated heterocycles. The van der Waals surface area contributed by atoms with Gasteiger partial charge in [0.05, 0.1) is 11.8 Å². The zero-order chi connectivity index (χ0) is 18.8. The molecule has 2 heterocycles. The molecule has 2 atom stereocenters. The Balaban J connectivity index is 1.33. The van der Waals surface area contributed by atoms with Gasteiger partial charge in [-0.2, -0.15) is 0 Å². The van der Waals surface area contributed by atoms with E-state index in [2.05, 4.69) is 5.16 Å². The number of esters is 1. The number of rotatable bonds is 5. The van der Waals surface area contributed by atoms with Crippen molar-refractivity contribution >= 4 is 17.8 Å². The molecule has 0 radical (unpaired) electrons. The smallest absolute Gasteiger partial charge is 0.326 e. The molecule has 0 unspecified atom stereocenters. The van der Waals surface area contributed by atoms with Gasteiger partial charge in [0.2, 0.25) is 11.8 Å². The van der Waals surface area contributed by atoms with Gasteiger partial charge in [-0.05, 0) is 12.8 Å². The van der Waals surface area contributed by atoms with E-state index in [0.717, 1.165) is 36.1 Å². The molecular formula is C20H20N2O5. The second-order valence-electron chi connectivity index (χ2n) is 6.97. The fourth-order valence-corrected chi connectivity index (χ4v) is 3.83. The largest absolute Gasteiger partial charge is 0.458 e. The van der Waals surface area contributed by atoms with Crippen molar-refractivity contribution in [2.45, 2.75) is 32.3 Å². The van der Waals surface area contributed by atoms with Gasteiger partial charge in [0.1, 0.15) is 18.8 Å². The number of likely N-dealkylation sites (tertiary alicyclic amines) is 1. The molecule has 140 valence electrons. The molecule has 1 aromatic heterocycles. The molecule has 2 fully saturated rings. The van der Waals surface area contributed by atoms with Gasteiger partial charge in [-0.1, -0.05) is 48.3 Å². The molecular weight excluding hydrogens is 348 g/mol. The number of nitrogens with zero attached hydrogens (tertiary/aromatic N) is 2. The van der Waals surface area contributed by atoms with Crippen LogP contribution in [-0.2, 0) is 25.7 Å². The summed E-state index contributed by atoms with van der Waals surface area (Å²) < 4.78 is 10.4. The van der Waals surface area contributed by atoms with Crippen LogP contribution >= 0.6 is 0 Å². The van der Waals surface area contributed by atoms with Crippen LogP contribution in [0.5, 0.6) is 0 Å². The van der Waals surface area contributed by atoms with Crippen molar-refractivity contribution in [1.82, 2.24) is 10.1 Å². The minimum absolute atomic E-state index is 0.0712. The van der Waals surface area contributed by atoms with Crippen LogP contribution in [0, 0.1) is 11.8 Å². The minimum Gasteiger partial charge on any atom is -0.458 e. The van der Waals surface area contributed by atoms with Crippen LogP contribution in [0.2, 0.25) is 0 Å². The van der Waals surface area contributed by atoms with Crippen molar-refractivity contribution in [3.63, 3.8) is 0 Å². The highest BCUT2D eigenvalue weighted by Gasteiger charge is 2.48. The van der Waals surface area contributed by atoms with E-state index in [1.165, 1.54) is 0 Å². The standard InChI is InChI=1S/C20H20N2O5/c23-18(11-22-19(24)15-8-4-5-9-16(15)20(22)25)26-12-14-10-17(27-21-14)13-6-2-1-3-7-13/h1-3,6-7,10,15-16H,4-5,8-9,11-12H2/t15-,16-/m0/s1. The first-order valence-corrected chi connectivity index (χ1v) is 9.15. The lowest BCUT2D eigenvalue weighted by Crippen LogP contribution is -2.36. The summed E-state index contributed by atoms with van der Waals surface area (Å²) in [6.45, 7) is -0.410. The SMILES string of the molecule is O=C(CN1C(=O)[C@H]2CCCC[C@@H]2C1=O)OCc1cc(-c2ccccc2)on1. The first-order valence-electron chi connectivity index (χ1n) is 9.15. The summed E-state index contributed by atoms with van der Waals surface area (Å²) in [5, 5.41) is 3.89. The van der Waals surface area contributed by atoms with Gasteiger partial charge in [-0.3, -0.25) is 19.3 Å². The summed E-state index contributed by atoms with van der Waals surface area (Å²) in [6, 6.07) is 11.2. The van der Waals surface area contributed by atoms with Crippen molar-refractivity contribution in [3.8, 4) is 11.3 Å². The van der Waals surface area contributed by atoms with E-state index in [9.17, 15) is 14.4 Å². The predicted octanol–water partition coefficient (Wildman–Crippen LogP) is 2.56. The molecule has 1 aliphatic carbocycles. The monoisotopic (exact) mass is 368 g/mol. The van der Waals surface area contributed by atoms with Crippen molar-refractivity contribution in [1.29, 1.82) is 0 Å². The Kier molecular flexibility index (Phi) is 4.75. The number of fused-ring (bicyclic) bond motifs is 1. The average Bonchev–Trinajstić information content (AvgIpc) is 3.27. The summed E-state index contributed by atoms with van der Waals surface area (Å²) in [6.07, 6.45) is 3.35. The average molecular weight is 368 g/mol. The number of benzene rings is 1. The van der Waals surface area contributed by atoms with Crippen molar-refractivity contribution in [2.24, 2.45) is 11.8 Å².